The van der Waals surface area contributed by atoms with Crippen LogP contribution in [-0.4, -0.2) is 29.6 Å². The van der Waals surface area contributed by atoms with Gasteiger partial charge in [0.05, 0.1) is 17.8 Å². The van der Waals surface area contributed by atoms with Gasteiger partial charge in [-0.3, -0.25) is 9.66 Å². The predicted octanol–water partition coefficient (Wildman–Crippen LogP) is 4.14. The van der Waals surface area contributed by atoms with Crippen molar-refractivity contribution in [1.29, 1.82) is 0 Å². The summed E-state index contributed by atoms with van der Waals surface area (Å²) in [4.78, 5) is 6.87. The van der Waals surface area contributed by atoms with Crippen molar-refractivity contribution in [1.82, 2.24) is 29.9 Å². The molecule has 1 aromatic carbocycles. The molecular weight excluding hydrogens is 418 g/mol. The van der Waals surface area contributed by atoms with Crippen LogP contribution in [0.3, 0.4) is 0 Å². The number of benzene rings is 1. The summed E-state index contributed by atoms with van der Waals surface area (Å²) >= 11 is 5.86. The van der Waals surface area contributed by atoms with Crippen molar-refractivity contribution in [3.63, 3.8) is 0 Å². The van der Waals surface area contributed by atoms with Crippen molar-refractivity contribution < 1.29 is 0 Å². The van der Waals surface area contributed by atoms with E-state index in [4.69, 9.17) is 12.2 Å². The predicted molar refractivity (Wildman–Crippen MR) is 128 cm³/mol. The van der Waals surface area contributed by atoms with Gasteiger partial charge >= 0.3 is 0 Å². The van der Waals surface area contributed by atoms with E-state index in [1.54, 1.807) is 12.7 Å². The van der Waals surface area contributed by atoms with Crippen LogP contribution in [0.15, 0.2) is 67.4 Å². The first-order valence-electron chi connectivity index (χ1n) is 10.7. The number of rotatable bonds is 5. The maximum atomic E-state index is 5.86. The first kappa shape index (κ1) is 20.4. The Hall–Kier alpha value is -3.52. The summed E-state index contributed by atoms with van der Waals surface area (Å²) in [5.41, 5.74) is 6.71. The van der Waals surface area contributed by atoms with E-state index < -0.39 is 0 Å². The van der Waals surface area contributed by atoms with Gasteiger partial charge in [0.15, 0.2) is 5.11 Å². The molecule has 0 bridgehead atoms. The Labute approximate surface area is 192 Å². The molecule has 0 radical (unpaired) electrons. The number of nitrogens with zero attached hydrogens (tertiary/aromatic N) is 6. The number of anilines is 1. The minimum atomic E-state index is -0.0792. The van der Waals surface area contributed by atoms with E-state index in [1.165, 1.54) is 11.1 Å². The van der Waals surface area contributed by atoms with Crippen LogP contribution in [0.1, 0.15) is 47.2 Å². The van der Waals surface area contributed by atoms with E-state index in [1.807, 2.05) is 23.0 Å². The molecule has 0 amide bonds. The summed E-state index contributed by atoms with van der Waals surface area (Å²) < 4.78 is 4.01. The van der Waals surface area contributed by atoms with Crippen LogP contribution in [0.25, 0.3) is 0 Å². The average molecular weight is 444 g/mol. The molecule has 5 rings (SSSR count). The second kappa shape index (κ2) is 8.20. The lowest BCUT2D eigenvalue weighted by molar-refractivity contribution is 0.557. The molecule has 7 nitrogen and oxygen atoms in total. The highest BCUT2D eigenvalue weighted by Crippen LogP contribution is 2.43. The van der Waals surface area contributed by atoms with Crippen molar-refractivity contribution in [2.75, 3.05) is 4.90 Å². The second-order valence-electron chi connectivity index (χ2n) is 8.00. The number of nitrogens with one attached hydrogen (secondary N) is 1. The monoisotopic (exact) mass is 443 g/mol. The summed E-state index contributed by atoms with van der Waals surface area (Å²) in [6, 6.07) is 16.7. The van der Waals surface area contributed by atoms with Crippen LogP contribution in [0.5, 0.6) is 0 Å². The SMILES string of the molecule is CCc1ccc(N2C(=S)N[C@@H](c3ccccn3)[C@@H]2c2cc(C)n(-n3cnnc3)c2C)cc1. The zero-order chi connectivity index (χ0) is 22.2. The molecule has 0 spiro atoms. The third-order valence-corrected chi connectivity index (χ3v) is 6.43. The smallest absolute Gasteiger partial charge is 0.174 e. The van der Waals surface area contributed by atoms with Crippen molar-refractivity contribution >= 4 is 23.0 Å². The zero-order valence-electron chi connectivity index (χ0n) is 18.3. The van der Waals surface area contributed by atoms with Crippen molar-refractivity contribution in [3.05, 3.63) is 95.6 Å². The summed E-state index contributed by atoms with van der Waals surface area (Å²) in [6.45, 7) is 6.38. The number of hydrogen-bond donors (Lipinski definition) is 1. The summed E-state index contributed by atoms with van der Waals surface area (Å²) in [7, 11) is 0. The lowest BCUT2D eigenvalue weighted by Crippen LogP contribution is -2.29. The van der Waals surface area contributed by atoms with Gasteiger partial charge in [0.25, 0.3) is 0 Å². The van der Waals surface area contributed by atoms with E-state index in [9.17, 15) is 0 Å². The van der Waals surface area contributed by atoms with Gasteiger partial charge in [0.1, 0.15) is 12.7 Å². The Morgan fingerprint density at radius 1 is 1.03 bits per heavy atom. The normalized spacial score (nSPS) is 18.2. The van der Waals surface area contributed by atoms with Crippen molar-refractivity contribution in [2.24, 2.45) is 0 Å². The molecule has 1 aliphatic heterocycles. The molecule has 0 unspecified atom stereocenters. The van der Waals surface area contributed by atoms with Gasteiger partial charge < -0.3 is 10.2 Å². The fourth-order valence-corrected chi connectivity index (χ4v) is 4.92. The minimum Gasteiger partial charge on any atom is -0.351 e. The van der Waals surface area contributed by atoms with Gasteiger partial charge in [0, 0.05) is 28.8 Å². The van der Waals surface area contributed by atoms with Gasteiger partial charge in [-0.25, -0.2) is 4.68 Å². The molecule has 3 aromatic heterocycles. The molecular formula is C24H25N7S. The van der Waals surface area contributed by atoms with E-state index in [2.05, 4.69) is 87.2 Å². The van der Waals surface area contributed by atoms with Crippen LogP contribution in [0, 0.1) is 13.8 Å². The van der Waals surface area contributed by atoms with Crippen LogP contribution < -0.4 is 10.2 Å². The largest absolute Gasteiger partial charge is 0.351 e. The van der Waals surface area contributed by atoms with Crippen molar-refractivity contribution in [3.8, 4) is 0 Å². The highest BCUT2D eigenvalue weighted by molar-refractivity contribution is 7.80. The quantitative estimate of drug-likeness (QED) is 0.468. The van der Waals surface area contributed by atoms with Crippen LogP contribution in [-0.2, 0) is 6.42 Å². The molecule has 8 heteroatoms. The molecule has 162 valence electrons. The third-order valence-electron chi connectivity index (χ3n) is 6.11. The maximum Gasteiger partial charge on any atom is 0.174 e. The Morgan fingerprint density at radius 2 is 1.78 bits per heavy atom. The Kier molecular flexibility index (Phi) is 5.22. The fourth-order valence-electron chi connectivity index (χ4n) is 4.57. The van der Waals surface area contributed by atoms with Gasteiger partial charge in [-0.15, -0.1) is 10.2 Å². The van der Waals surface area contributed by atoms with E-state index in [0.717, 1.165) is 29.2 Å². The minimum absolute atomic E-state index is 0.0543. The second-order valence-corrected chi connectivity index (χ2v) is 8.38. The lowest BCUT2D eigenvalue weighted by Gasteiger charge is -2.28. The molecule has 1 saturated heterocycles. The van der Waals surface area contributed by atoms with Crippen LogP contribution in [0.4, 0.5) is 5.69 Å². The van der Waals surface area contributed by atoms with Gasteiger partial charge in [-0.2, -0.15) is 0 Å². The molecule has 1 N–H and O–H groups in total. The van der Waals surface area contributed by atoms with Gasteiger partial charge in [-0.1, -0.05) is 25.1 Å². The Bertz CT molecular complexity index is 1230. The van der Waals surface area contributed by atoms with Gasteiger partial charge in [0.2, 0.25) is 0 Å². The van der Waals surface area contributed by atoms with E-state index >= 15 is 0 Å². The summed E-state index contributed by atoms with van der Waals surface area (Å²) in [5, 5.41) is 12.2. The number of aryl methyl sites for hydroxylation is 2. The molecule has 4 aromatic rings. The molecule has 2 atom stereocenters. The zero-order valence-corrected chi connectivity index (χ0v) is 19.1. The van der Waals surface area contributed by atoms with E-state index in [0.29, 0.717) is 5.11 Å². The molecule has 1 fully saturated rings. The third kappa shape index (κ3) is 3.36. The molecule has 0 aliphatic carbocycles. The highest BCUT2D eigenvalue weighted by atomic mass is 32.1. The van der Waals surface area contributed by atoms with Crippen molar-refractivity contribution in [2.45, 2.75) is 39.3 Å². The Morgan fingerprint density at radius 3 is 2.44 bits per heavy atom. The lowest BCUT2D eigenvalue weighted by atomic mass is 9.96. The average Bonchev–Trinajstić information content (AvgIpc) is 3.52. The number of thiocarbonyl (C=S) groups is 1. The summed E-state index contributed by atoms with van der Waals surface area (Å²) in [6.07, 6.45) is 6.25. The standard InChI is InChI=1S/C24H25N7S/c1-4-18-8-10-19(11-9-18)30-23(22(28-24(30)32)21-7-5-6-12-25-21)20-13-16(2)31(17(20)3)29-14-26-27-15-29/h5-15,22-23H,4H2,1-3H3,(H,28,32)/t22-,23-/m0/s1. The summed E-state index contributed by atoms with van der Waals surface area (Å²) in [5.74, 6) is 0. The number of aromatic nitrogens is 5. The fraction of sp³-hybridized carbons (Fsp3) is 0.250. The first-order chi connectivity index (χ1) is 15.6. The van der Waals surface area contributed by atoms with Crippen LogP contribution in [0.2, 0.25) is 0 Å². The first-order valence-corrected chi connectivity index (χ1v) is 11.1. The van der Waals surface area contributed by atoms with E-state index in [-0.39, 0.29) is 12.1 Å². The maximum absolute atomic E-state index is 5.86. The molecule has 1 aliphatic rings. The molecule has 32 heavy (non-hydrogen) atoms. The number of hydrogen-bond acceptors (Lipinski definition) is 4. The molecule has 4 heterocycles. The Balaban J connectivity index is 1.66. The number of pyridine rings is 1. The van der Waals surface area contributed by atoms with Crippen LogP contribution >= 0.6 is 12.2 Å². The highest BCUT2D eigenvalue weighted by Gasteiger charge is 2.42. The van der Waals surface area contributed by atoms with Gasteiger partial charge in [-0.05, 0) is 68.4 Å². The molecule has 0 saturated carbocycles. The topological polar surface area (TPSA) is 63.8 Å².